The van der Waals surface area contributed by atoms with Gasteiger partial charge < -0.3 is 10.1 Å². The van der Waals surface area contributed by atoms with E-state index >= 15 is 0 Å². The van der Waals surface area contributed by atoms with Crippen molar-refractivity contribution >= 4 is 0 Å². The molecule has 1 saturated heterocycles. The molecule has 1 aromatic heterocycles. The van der Waals surface area contributed by atoms with E-state index in [1.54, 1.807) is 7.11 Å². The van der Waals surface area contributed by atoms with E-state index in [2.05, 4.69) is 21.3 Å². The molecule has 4 nitrogen and oxygen atoms in total. The van der Waals surface area contributed by atoms with Crippen molar-refractivity contribution in [3.63, 3.8) is 0 Å². The molecule has 0 bridgehead atoms. The molecular weight excluding hydrogens is 250 g/mol. The van der Waals surface area contributed by atoms with Crippen molar-refractivity contribution in [1.82, 2.24) is 15.2 Å². The molecule has 0 unspecified atom stereocenters. The largest absolute Gasteiger partial charge is 0.481 e. The SMILES string of the molecule is COc1ccc(CN2CCNCC23CCCCC3)cn1. The number of methoxy groups -OCH3 is 1. The smallest absolute Gasteiger partial charge is 0.212 e. The quantitative estimate of drug-likeness (QED) is 0.917. The summed E-state index contributed by atoms with van der Waals surface area (Å²) >= 11 is 0. The van der Waals surface area contributed by atoms with Gasteiger partial charge in [0.05, 0.1) is 7.11 Å². The van der Waals surface area contributed by atoms with E-state index in [4.69, 9.17) is 4.74 Å². The summed E-state index contributed by atoms with van der Waals surface area (Å²) in [6.07, 6.45) is 8.78. The van der Waals surface area contributed by atoms with Crippen LogP contribution in [0, 0.1) is 0 Å². The fourth-order valence-corrected chi connectivity index (χ4v) is 3.68. The van der Waals surface area contributed by atoms with E-state index in [-0.39, 0.29) is 0 Å². The second-order valence-corrected chi connectivity index (χ2v) is 6.09. The predicted octanol–water partition coefficient (Wildman–Crippen LogP) is 2.20. The first-order valence-electron chi connectivity index (χ1n) is 7.77. The van der Waals surface area contributed by atoms with Crippen molar-refractivity contribution in [2.45, 2.75) is 44.2 Å². The fraction of sp³-hybridized carbons (Fsp3) is 0.688. The second kappa shape index (κ2) is 6.10. The highest BCUT2D eigenvalue weighted by Gasteiger charge is 2.39. The molecule has 0 radical (unpaired) electrons. The molecule has 1 aliphatic heterocycles. The predicted molar refractivity (Wildman–Crippen MR) is 79.9 cm³/mol. The van der Waals surface area contributed by atoms with Crippen LogP contribution < -0.4 is 10.1 Å². The van der Waals surface area contributed by atoms with Crippen LogP contribution >= 0.6 is 0 Å². The molecule has 0 amide bonds. The monoisotopic (exact) mass is 275 g/mol. The van der Waals surface area contributed by atoms with Crippen LogP contribution in [0.15, 0.2) is 18.3 Å². The molecular formula is C16H25N3O. The van der Waals surface area contributed by atoms with Gasteiger partial charge in [-0.05, 0) is 18.4 Å². The van der Waals surface area contributed by atoms with Gasteiger partial charge in [0.2, 0.25) is 5.88 Å². The third kappa shape index (κ3) is 2.81. The van der Waals surface area contributed by atoms with Crippen LogP contribution in [0.5, 0.6) is 5.88 Å². The van der Waals surface area contributed by atoms with Gasteiger partial charge in [0, 0.05) is 44.0 Å². The summed E-state index contributed by atoms with van der Waals surface area (Å²) in [5.74, 6) is 0.696. The summed E-state index contributed by atoms with van der Waals surface area (Å²) < 4.78 is 5.13. The number of aromatic nitrogens is 1. The van der Waals surface area contributed by atoms with Gasteiger partial charge in [-0.15, -0.1) is 0 Å². The van der Waals surface area contributed by atoms with E-state index in [0.717, 1.165) is 26.2 Å². The first-order valence-corrected chi connectivity index (χ1v) is 7.77. The third-order valence-corrected chi connectivity index (χ3v) is 4.85. The van der Waals surface area contributed by atoms with E-state index in [1.165, 1.54) is 37.7 Å². The van der Waals surface area contributed by atoms with E-state index in [9.17, 15) is 0 Å². The Labute approximate surface area is 121 Å². The Morgan fingerprint density at radius 3 is 2.85 bits per heavy atom. The van der Waals surface area contributed by atoms with E-state index < -0.39 is 0 Å². The minimum atomic E-state index is 0.385. The fourth-order valence-electron chi connectivity index (χ4n) is 3.68. The molecule has 3 rings (SSSR count). The summed E-state index contributed by atoms with van der Waals surface area (Å²) in [7, 11) is 1.66. The Balaban J connectivity index is 1.72. The number of hydrogen-bond donors (Lipinski definition) is 1. The topological polar surface area (TPSA) is 37.4 Å². The van der Waals surface area contributed by atoms with Crippen LogP contribution in [0.2, 0.25) is 0 Å². The molecule has 0 aromatic carbocycles. The van der Waals surface area contributed by atoms with Gasteiger partial charge in [-0.2, -0.15) is 0 Å². The third-order valence-electron chi connectivity index (χ3n) is 4.85. The lowest BCUT2D eigenvalue weighted by Crippen LogP contribution is -2.61. The van der Waals surface area contributed by atoms with E-state index in [0.29, 0.717) is 11.4 Å². The molecule has 1 spiro atoms. The molecule has 1 aromatic rings. The average molecular weight is 275 g/mol. The van der Waals surface area contributed by atoms with Crippen molar-refractivity contribution in [3.8, 4) is 5.88 Å². The number of rotatable bonds is 3. The van der Waals surface area contributed by atoms with Crippen LogP contribution in [-0.2, 0) is 6.54 Å². The highest BCUT2D eigenvalue weighted by Crippen LogP contribution is 2.35. The summed E-state index contributed by atoms with van der Waals surface area (Å²) in [5, 5.41) is 3.60. The molecule has 110 valence electrons. The van der Waals surface area contributed by atoms with Crippen molar-refractivity contribution in [2.75, 3.05) is 26.7 Å². The van der Waals surface area contributed by atoms with Crippen molar-refractivity contribution in [2.24, 2.45) is 0 Å². The van der Waals surface area contributed by atoms with Crippen molar-refractivity contribution in [1.29, 1.82) is 0 Å². The maximum absolute atomic E-state index is 5.13. The number of nitrogens with one attached hydrogen (secondary N) is 1. The molecule has 4 heteroatoms. The van der Waals surface area contributed by atoms with Crippen LogP contribution in [0.25, 0.3) is 0 Å². The second-order valence-electron chi connectivity index (χ2n) is 6.09. The van der Waals surface area contributed by atoms with Crippen LogP contribution in [0.3, 0.4) is 0 Å². The van der Waals surface area contributed by atoms with Gasteiger partial charge in [0.25, 0.3) is 0 Å². The summed E-state index contributed by atoms with van der Waals surface area (Å²) in [5.41, 5.74) is 1.67. The molecule has 2 aliphatic rings. The first-order chi connectivity index (χ1) is 9.82. The molecule has 1 aliphatic carbocycles. The van der Waals surface area contributed by atoms with Gasteiger partial charge >= 0.3 is 0 Å². The Morgan fingerprint density at radius 2 is 2.15 bits per heavy atom. The number of nitrogens with zero attached hydrogens (tertiary/aromatic N) is 2. The van der Waals surface area contributed by atoms with Crippen LogP contribution in [0.4, 0.5) is 0 Å². The summed E-state index contributed by atoms with van der Waals surface area (Å²) in [4.78, 5) is 7.02. The molecule has 1 saturated carbocycles. The lowest BCUT2D eigenvalue weighted by atomic mass is 9.79. The lowest BCUT2D eigenvalue weighted by Gasteiger charge is -2.50. The zero-order valence-electron chi connectivity index (χ0n) is 12.4. The molecule has 2 heterocycles. The van der Waals surface area contributed by atoms with Gasteiger partial charge in [-0.1, -0.05) is 25.3 Å². The number of piperazine rings is 1. The Kier molecular flexibility index (Phi) is 4.22. The van der Waals surface area contributed by atoms with Crippen molar-refractivity contribution in [3.05, 3.63) is 23.9 Å². The maximum atomic E-state index is 5.13. The average Bonchev–Trinajstić information content (AvgIpc) is 2.51. The zero-order valence-corrected chi connectivity index (χ0v) is 12.4. The molecule has 20 heavy (non-hydrogen) atoms. The lowest BCUT2D eigenvalue weighted by molar-refractivity contribution is 0.0208. The standard InChI is InChI=1S/C16H25N3O/c1-20-15-6-5-14(11-18-15)12-19-10-9-17-13-16(19)7-3-2-4-8-16/h5-6,11,17H,2-4,7-10,12-13H2,1H3. The van der Waals surface area contributed by atoms with Gasteiger partial charge in [0.15, 0.2) is 0 Å². The number of hydrogen-bond acceptors (Lipinski definition) is 4. The molecule has 1 N–H and O–H groups in total. The minimum Gasteiger partial charge on any atom is -0.481 e. The van der Waals surface area contributed by atoms with Gasteiger partial charge in [-0.25, -0.2) is 4.98 Å². The van der Waals surface area contributed by atoms with Crippen molar-refractivity contribution < 1.29 is 4.74 Å². The highest BCUT2D eigenvalue weighted by molar-refractivity contribution is 5.18. The van der Waals surface area contributed by atoms with Gasteiger partial charge in [-0.3, -0.25) is 4.90 Å². The minimum absolute atomic E-state index is 0.385. The number of pyridine rings is 1. The summed E-state index contributed by atoms with van der Waals surface area (Å²) in [6.45, 7) is 4.41. The first kappa shape index (κ1) is 13.8. The molecule has 2 fully saturated rings. The highest BCUT2D eigenvalue weighted by atomic mass is 16.5. The van der Waals surface area contributed by atoms with Crippen LogP contribution in [0.1, 0.15) is 37.7 Å². The zero-order chi connectivity index (χ0) is 13.8. The normalized spacial score (nSPS) is 22.9. The molecule has 0 atom stereocenters. The van der Waals surface area contributed by atoms with E-state index in [1.807, 2.05) is 12.3 Å². The summed E-state index contributed by atoms with van der Waals surface area (Å²) in [6, 6.07) is 4.11. The maximum Gasteiger partial charge on any atom is 0.212 e. The number of ether oxygens (including phenoxy) is 1. The van der Waals surface area contributed by atoms with Crippen LogP contribution in [-0.4, -0.2) is 42.2 Å². The Morgan fingerprint density at radius 1 is 1.30 bits per heavy atom. The Hall–Kier alpha value is -1.13. The van der Waals surface area contributed by atoms with Gasteiger partial charge in [0.1, 0.15) is 0 Å². The Bertz CT molecular complexity index is 418.